The van der Waals surface area contributed by atoms with Gasteiger partial charge in [0.05, 0.1) is 24.4 Å². The monoisotopic (exact) mass is 470 g/mol. The molecular weight excluding hydrogens is 447 g/mol. The van der Waals surface area contributed by atoms with Crippen LogP contribution in [0, 0.1) is 12.7 Å². The highest BCUT2D eigenvalue weighted by Gasteiger charge is 2.36. The molecule has 3 aromatic carbocycles. The Labute approximate surface area is 201 Å². The van der Waals surface area contributed by atoms with E-state index in [4.69, 9.17) is 9.26 Å². The number of hydrogen-bond acceptors (Lipinski definition) is 5. The summed E-state index contributed by atoms with van der Waals surface area (Å²) in [5.74, 6) is 0.982. The molecule has 2 heterocycles. The van der Waals surface area contributed by atoms with Gasteiger partial charge >= 0.3 is 6.03 Å². The fourth-order valence-electron chi connectivity index (χ4n) is 4.14. The van der Waals surface area contributed by atoms with Gasteiger partial charge in [-0.3, -0.25) is 4.90 Å². The molecule has 1 atom stereocenters. The molecule has 0 saturated carbocycles. The van der Waals surface area contributed by atoms with Crippen LogP contribution in [-0.4, -0.2) is 23.3 Å². The van der Waals surface area contributed by atoms with Crippen molar-refractivity contribution >= 4 is 17.3 Å². The van der Waals surface area contributed by atoms with E-state index in [-0.39, 0.29) is 17.7 Å². The Kier molecular flexibility index (Phi) is 5.78. The zero-order valence-corrected chi connectivity index (χ0v) is 19.4. The second kappa shape index (κ2) is 9.06. The number of methoxy groups -OCH3 is 1. The van der Waals surface area contributed by atoms with Gasteiger partial charge in [0.1, 0.15) is 11.6 Å². The normalized spacial score (nSPS) is 15.8. The number of hydrogen-bond donors (Lipinski definition) is 1. The predicted molar refractivity (Wildman–Crippen MR) is 130 cm³/mol. The van der Waals surface area contributed by atoms with Gasteiger partial charge in [-0.25, -0.2) is 9.18 Å². The number of nitrogens with one attached hydrogen (secondary N) is 1. The van der Waals surface area contributed by atoms with Gasteiger partial charge in [0.15, 0.2) is 0 Å². The number of carbonyl (C=O) groups excluding carboxylic acids is 1. The molecule has 1 N–H and O–H groups in total. The number of aromatic nitrogens is 2. The quantitative estimate of drug-likeness (QED) is 0.393. The number of anilines is 1. The van der Waals surface area contributed by atoms with Crippen LogP contribution in [0.2, 0.25) is 0 Å². The molecule has 4 aromatic rings. The lowest BCUT2D eigenvalue weighted by molar-refractivity contribution is 0.244. The molecule has 0 saturated heterocycles. The Morgan fingerprint density at radius 1 is 1.03 bits per heavy atom. The SMILES string of the molecule is COc1cccc(C2NC(=O)N(c3ccc(F)cc3)C(C)=C2c2nc(-c3ccc(C)cc3)no2)c1. The summed E-state index contributed by atoms with van der Waals surface area (Å²) in [6.07, 6.45) is 0. The van der Waals surface area contributed by atoms with Crippen LogP contribution in [0.1, 0.15) is 30.0 Å². The third kappa shape index (κ3) is 4.26. The first-order valence-corrected chi connectivity index (χ1v) is 11.1. The zero-order valence-electron chi connectivity index (χ0n) is 19.4. The van der Waals surface area contributed by atoms with E-state index in [0.717, 1.165) is 16.7 Å². The maximum absolute atomic E-state index is 13.6. The minimum absolute atomic E-state index is 0.276. The first-order chi connectivity index (χ1) is 16.9. The van der Waals surface area contributed by atoms with Gasteiger partial charge in [0, 0.05) is 11.3 Å². The maximum Gasteiger partial charge on any atom is 0.326 e. The molecule has 2 amide bonds. The number of benzene rings is 3. The van der Waals surface area contributed by atoms with Crippen molar-refractivity contribution < 1.29 is 18.4 Å². The lowest BCUT2D eigenvalue weighted by Gasteiger charge is -2.35. The first kappa shape index (κ1) is 22.3. The molecule has 0 bridgehead atoms. The standard InChI is InChI=1S/C27H23FN4O3/c1-16-7-9-18(10-8-16)25-30-26(35-31-25)23-17(2)32(21-13-11-20(28)12-14-21)27(33)29-24(23)19-5-4-6-22(15-19)34-3/h4-15,24H,1-3H3,(H,29,33). The third-order valence-electron chi connectivity index (χ3n) is 5.96. The molecule has 0 spiro atoms. The lowest BCUT2D eigenvalue weighted by Crippen LogP contribution is -2.46. The number of nitrogens with zero attached hydrogens (tertiary/aromatic N) is 3. The fourth-order valence-corrected chi connectivity index (χ4v) is 4.14. The van der Waals surface area contributed by atoms with E-state index in [1.165, 1.54) is 17.0 Å². The van der Waals surface area contributed by atoms with Gasteiger partial charge in [-0.05, 0) is 55.8 Å². The highest BCUT2D eigenvalue weighted by atomic mass is 19.1. The van der Waals surface area contributed by atoms with E-state index in [9.17, 15) is 9.18 Å². The molecule has 8 heteroatoms. The fraction of sp³-hybridized carbons (Fsp3) is 0.148. The number of halogens is 1. The van der Waals surface area contributed by atoms with Crippen molar-refractivity contribution in [2.45, 2.75) is 19.9 Å². The number of carbonyl (C=O) groups is 1. The Morgan fingerprint density at radius 3 is 2.49 bits per heavy atom. The highest BCUT2D eigenvalue weighted by Crippen LogP contribution is 2.39. The third-order valence-corrected chi connectivity index (χ3v) is 5.96. The van der Waals surface area contributed by atoms with Crippen LogP contribution >= 0.6 is 0 Å². The van der Waals surface area contributed by atoms with Gasteiger partial charge in [-0.2, -0.15) is 4.98 Å². The number of amides is 2. The molecule has 176 valence electrons. The van der Waals surface area contributed by atoms with Gasteiger partial charge in [0.25, 0.3) is 5.89 Å². The average Bonchev–Trinajstić information content (AvgIpc) is 3.35. The van der Waals surface area contributed by atoms with Crippen molar-refractivity contribution in [3.8, 4) is 17.1 Å². The molecule has 1 unspecified atom stereocenters. The Hall–Kier alpha value is -4.46. The van der Waals surface area contributed by atoms with E-state index in [1.807, 2.05) is 55.5 Å². The summed E-state index contributed by atoms with van der Waals surface area (Å²) in [5, 5.41) is 7.22. The minimum atomic E-state index is -0.569. The number of aryl methyl sites for hydroxylation is 1. The second-order valence-electron chi connectivity index (χ2n) is 8.26. The average molecular weight is 471 g/mol. The summed E-state index contributed by atoms with van der Waals surface area (Å²) in [6.45, 7) is 3.81. The van der Waals surface area contributed by atoms with Crippen molar-refractivity contribution in [1.82, 2.24) is 15.5 Å². The minimum Gasteiger partial charge on any atom is -0.497 e. The van der Waals surface area contributed by atoms with Gasteiger partial charge < -0.3 is 14.6 Å². The highest BCUT2D eigenvalue weighted by molar-refractivity contribution is 6.01. The largest absolute Gasteiger partial charge is 0.497 e. The smallest absolute Gasteiger partial charge is 0.326 e. The molecule has 35 heavy (non-hydrogen) atoms. The first-order valence-electron chi connectivity index (χ1n) is 11.1. The van der Waals surface area contributed by atoms with Crippen molar-refractivity contribution in [3.63, 3.8) is 0 Å². The summed E-state index contributed by atoms with van der Waals surface area (Å²) >= 11 is 0. The van der Waals surface area contributed by atoms with E-state index < -0.39 is 6.04 Å². The topological polar surface area (TPSA) is 80.5 Å². The number of ether oxygens (including phenoxy) is 1. The summed E-state index contributed by atoms with van der Waals surface area (Å²) in [7, 11) is 1.59. The molecular formula is C27H23FN4O3. The molecule has 1 aromatic heterocycles. The Bertz CT molecular complexity index is 1410. The molecule has 0 fully saturated rings. The maximum atomic E-state index is 13.6. The molecule has 7 nitrogen and oxygen atoms in total. The van der Waals surface area contributed by atoms with Crippen LogP contribution in [0.3, 0.4) is 0 Å². The van der Waals surface area contributed by atoms with Crippen LogP contribution in [0.4, 0.5) is 14.9 Å². The van der Waals surface area contributed by atoms with Crippen LogP contribution in [-0.2, 0) is 0 Å². The Morgan fingerprint density at radius 2 is 1.77 bits per heavy atom. The van der Waals surface area contributed by atoms with Crippen molar-refractivity contribution in [2.75, 3.05) is 12.0 Å². The van der Waals surface area contributed by atoms with Gasteiger partial charge in [-0.1, -0.05) is 47.1 Å². The molecule has 1 aliphatic rings. The summed E-state index contributed by atoms with van der Waals surface area (Å²) in [6, 6.07) is 20.0. The van der Waals surface area contributed by atoms with E-state index in [1.54, 1.807) is 26.2 Å². The lowest BCUT2D eigenvalue weighted by atomic mass is 9.94. The summed E-state index contributed by atoms with van der Waals surface area (Å²) in [5.41, 5.74) is 4.47. The van der Waals surface area contributed by atoms with Gasteiger partial charge in [0.2, 0.25) is 5.82 Å². The molecule has 0 aliphatic carbocycles. The van der Waals surface area contributed by atoms with Crippen molar-refractivity contribution in [3.05, 3.63) is 101 Å². The molecule has 1 aliphatic heterocycles. The number of urea groups is 1. The second-order valence-corrected chi connectivity index (χ2v) is 8.26. The molecule has 0 radical (unpaired) electrons. The Balaban J connectivity index is 1.65. The van der Waals surface area contributed by atoms with Crippen LogP contribution in [0.5, 0.6) is 5.75 Å². The van der Waals surface area contributed by atoms with Crippen LogP contribution < -0.4 is 15.0 Å². The zero-order chi connectivity index (χ0) is 24.5. The van der Waals surface area contributed by atoms with E-state index in [0.29, 0.717) is 28.5 Å². The van der Waals surface area contributed by atoms with Crippen molar-refractivity contribution in [1.29, 1.82) is 0 Å². The summed E-state index contributed by atoms with van der Waals surface area (Å²) < 4.78 is 24.7. The van der Waals surface area contributed by atoms with E-state index >= 15 is 0 Å². The number of rotatable bonds is 5. The number of allylic oxidation sites excluding steroid dienone is 1. The predicted octanol–water partition coefficient (Wildman–Crippen LogP) is 5.89. The van der Waals surface area contributed by atoms with Crippen LogP contribution in [0.15, 0.2) is 83.0 Å². The van der Waals surface area contributed by atoms with Gasteiger partial charge in [-0.15, -0.1) is 0 Å². The van der Waals surface area contributed by atoms with Crippen LogP contribution in [0.25, 0.3) is 17.0 Å². The van der Waals surface area contributed by atoms with Crippen molar-refractivity contribution in [2.24, 2.45) is 0 Å². The summed E-state index contributed by atoms with van der Waals surface area (Å²) in [4.78, 5) is 19.4. The van der Waals surface area contributed by atoms with E-state index in [2.05, 4.69) is 15.5 Å². The molecule has 5 rings (SSSR count).